The second kappa shape index (κ2) is 4.29. The van der Waals surface area contributed by atoms with Gasteiger partial charge in [-0.15, -0.1) is 0 Å². The van der Waals surface area contributed by atoms with Gasteiger partial charge < -0.3 is 19.8 Å². The van der Waals surface area contributed by atoms with Crippen LogP contribution in [0.5, 0.6) is 0 Å². The van der Waals surface area contributed by atoms with E-state index in [2.05, 4.69) is 0 Å². The molecule has 0 aromatic heterocycles. The van der Waals surface area contributed by atoms with Gasteiger partial charge in [0.1, 0.15) is 0 Å². The second-order valence-electron chi connectivity index (χ2n) is 5.58. The molecule has 2 bridgehead atoms. The molecule has 6 atom stereocenters. The van der Waals surface area contributed by atoms with Crippen molar-refractivity contribution in [1.29, 1.82) is 0 Å². The van der Waals surface area contributed by atoms with Crippen molar-refractivity contribution in [3.8, 4) is 0 Å². The van der Waals surface area contributed by atoms with Crippen LogP contribution in [0.15, 0.2) is 0 Å². The van der Waals surface area contributed by atoms with Crippen molar-refractivity contribution in [2.24, 2.45) is 35.5 Å². The first-order valence-corrected chi connectivity index (χ1v) is 6.01. The summed E-state index contributed by atoms with van der Waals surface area (Å²) in [7, 11) is 0. The van der Waals surface area contributed by atoms with Gasteiger partial charge in [0.05, 0.1) is 0 Å². The van der Waals surface area contributed by atoms with Crippen molar-refractivity contribution in [2.75, 3.05) is 0 Å². The van der Waals surface area contributed by atoms with Gasteiger partial charge >= 0.3 is 17.1 Å². The molecule has 97 valence electrons. The molecule has 0 saturated heterocycles. The standard InChI is InChI=1S/C12H16O4.Cu/c13-11(14)8-4-7-5-1-2-6(3-5)9(7)10(8)12(15)16;/h5-10H,1-4H2,(H,13,14)(H,15,16);/q;+2/p-2. The normalized spacial score (nSPS) is 46.4. The van der Waals surface area contributed by atoms with E-state index in [1.165, 1.54) is 0 Å². The predicted octanol–water partition coefficient (Wildman–Crippen LogP) is -1.22. The third-order valence-corrected chi connectivity index (χ3v) is 5.11. The van der Waals surface area contributed by atoms with Crippen LogP contribution in [-0.4, -0.2) is 11.9 Å². The Morgan fingerprint density at radius 3 is 2.18 bits per heavy atom. The fraction of sp³-hybridized carbons (Fsp3) is 0.833. The number of carbonyl (C=O) groups excluding carboxylic acids is 2. The number of carbonyl (C=O) groups is 2. The largest absolute Gasteiger partial charge is 2.00 e. The first kappa shape index (κ1) is 12.9. The van der Waals surface area contributed by atoms with Gasteiger partial charge in [-0.2, -0.15) is 0 Å². The Kier molecular flexibility index (Phi) is 3.25. The molecule has 3 rings (SSSR count). The van der Waals surface area contributed by atoms with Crippen LogP contribution in [0.2, 0.25) is 0 Å². The monoisotopic (exact) mass is 285 g/mol. The molecule has 0 aliphatic heterocycles. The quantitative estimate of drug-likeness (QED) is 0.596. The second-order valence-corrected chi connectivity index (χ2v) is 5.58. The van der Waals surface area contributed by atoms with Crippen molar-refractivity contribution < 1.29 is 36.9 Å². The van der Waals surface area contributed by atoms with Crippen LogP contribution in [0, 0.1) is 35.5 Å². The third kappa shape index (κ3) is 1.71. The number of carboxylic acid groups (broad SMARTS) is 2. The topological polar surface area (TPSA) is 80.3 Å². The number of aliphatic carboxylic acids is 2. The zero-order chi connectivity index (χ0) is 11.4. The van der Waals surface area contributed by atoms with Crippen LogP contribution in [0.25, 0.3) is 0 Å². The van der Waals surface area contributed by atoms with Crippen molar-refractivity contribution in [3.63, 3.8) is 0 Å². The van der Waals surface area contributed by atoms with Gasteiger partial charge in [0.25, 0.3) is 0 Å². The van der Waals surface area contributed by atoms with Crippen LogP contribution in [-0.2, 0) is 26.7 Å². The summed E-state index contributed by atoms with van der Waals surface area (Å²) in [4.78, 5) is 22.1. The van der Waals surface area contributed by atoms with E-state index in [9.17, 15) is 19.8 Å². The molecule has 4 nitrogen and oxygen atoms in total. The van der Waals surface area contributed by atoms with E-state index < -0.39 is 23.8 Å². The number of rotatable bonds is 2. The minimum atomic E-state index is -1.21. The Labute approximate surface area is 110 Å². The maximum atomic E-state index is 11.1. The minimum Gasteiger partial charge on any atom is -0.550 e. The molecule has 3 fully saturated rings. The van der Waals surface area contributed by atoms with Crippen molar-refractivity contribution in [2.45, 2.75) is 25.7 Å². The number of carboxylic acids is 2. The van der Waals surface area contributed by atoms with E-state index in [1.54, 1.807) is 0 Å². The predicted molar refractivity (Wildman–Crippen MR) is 49.4 cm³/mol. The summed E-state index contributed by atoms with van der Waals surface area (Å²) >= 11 is 0. The first-order chi connectivity index (χ1) is 7.59. The Bertz CT molecular complexity index is 356. The SMILES string of the molecule is O=C([O-])C1CC2C3CCC(C3)C2C1C(=O)[O-].[Cu+2]. The molecule has 3 aliphatic carbocycles. The van der Waals surface area contributed by atoms with E-state index in [0.717, 1.165) is 19.3 Å². The summed E-state index contributed by atoms with van der Waals surface area (Å²) in [6.07, 6.45) is 3.80. The maximum Gasteiger partial charge on any atom is 2.00 e. The zero-order valence-electron chi connectivity index (χ0n) is 9.23. The molecule has 1 radical (unpaired) electrons. The molecule has 3 saturated carbocycles. The summed E-state index contributed by atoms with van der Waals surface area (Å²) in [5.41, 5.74) is 0. The number of hydrogen-bond donors (Lipinski definition) is 0. The molecule has 3 aliphatic rings. The maximum absolute atomic E-state index is 11.1. The fourth-order valence-electron chi connectivity index (χ4n) is 4.64. The summed E-state index contributed by atoms with van der Waals surface area (Å²) < 4.78 is 0. The van der Waals surface area contributed by atoms with Gasteiger partial charge in [-0.3, -0.25) is 0 Å². The molecular weight excluding hydrogens is 272 g/mol. The molecule has 17 heavy (non-hydrogen) atoms. The Hall–Kier alpha value is -0.541. The third-order valence-electron chi connectivity index (χ3n) is 5.11. The van der Waals surface area contributed by atoms with Gasteiger partial charge in [0, 0.05) is 23.8 Å². The molecule has 5 heteroatoms. The van der Waals surface area contributed by atoms with E-state index in [4.69, 9.17) is 0 Å². The van der Waals surface area contributed by atoms with Crippen LogP contribution < -0.4 is 10.2 Å². The van der Waals surface area contributed by atoms with Gasteiger partial charge in [-0.1, -0.05) is 0 Å². The Morgan fingerprint density at radius 2 is 1.59 bits per heavy atom. The average molecular weight is 286 g/mol. The van der Waals surface area contributed by atoms with E-state index >= 15 is 0 Å². The zero-order valence-corrected chi connectivity index (χ0v) is 10.2. The molecule has 0 aromatic rings. The van der Waals surface area contributed by atoms with E-state index in [1.807, 2.05) is 0 Å². The summed E-state index contributed by atoms with van der Waals surface area (Å²) in [6, 6.07) is 0. The van der Waals surface area contributed by atoms with Crippen molar-refractivity contribution in [1.82, 2.24) is 0 Å². The van der Waals surface area contributed by atoms with Crippen LogP contribution >= 0.6 is 0 Å². The molecule has 0 spiro atoms. The van der Waals surface area contributed by atoms with Gasteiger partial charge in [-0.05, 0) is 49.4 Å². The Balaban J connectivity index is 0.00000108. The molecule has 0 aromatic carbocycles. The first-order valence-electron chi connectivity index (χ1n) is 6.01. The molecule has 6 unspecified atom stereocenters. The smallest absolute Gasteiger partial charge is 0.550 e. The minimum absolute atomic E-state index is 0. The molecular formula is C12H14CuO4. The van der Waals surface area contributed by atoms with Gasteiger partial charge in [0.2, 0.25) is 0 Å². The number of fused-ring (bicyclic) bond motifs is 5. The van der Waals surface area contributed by atoms with Crippen LogP contribution in [0.1, 0.15) is 25.7 Å². The summed E-state index contributed by atoms with van der Waals surface area (Å²) in [6.45, 7) is 0. The van der Waals surface area contributed by atoms with E-state index in [-0.39, 0.29) is 23.0 Å². The van der Waals surface area contributed by atoms with Crippen LogP contribution in [0.4, 0.5) is 0 Å². The summed E-state index contributed by atoms with van der Waals surface area (Å²) in [5.74, 6) is -2.69. The fourth-order valence-corrected chi connectivity index (χ4v) is 4.64. The van der Waals surface area contributed by atoms with E-state index in [0.29, 0.717) is 24.2 Å². The average Bonchev–Trinajstić information content (AvgIpc) is 2.87. The number of hydrogen-bond acceptors (Lipinski definition) is 4. The summed E-state index contributed by atoms with van der Waals surface area (Å²) in [5, 5.41) is 22.1. The van der Waals surface area contributed by atoms with Crippen molar-refractivity contribution in [3.05, 3.63) is 0 Å². The van der Waals surface area contributed by atoms with Gasteiger partial charge in [-0.25, -0.2) is 0 Å². The Morgan fingerprint density at radius 1 is 0.941 bits per heavy atom. The molecule has 0 amide bonds. The molecule has 0 heterocycles. The van der Waals surface area contributed by atoms with Gasteiger partial charge in [0.15, 0.2) is 0 Å². The van der Waals surface area contributed by atoms with Crippen molar-refractivity contribution >= 4 is 11.9 Å². The van der Waals surface area contributed by atoms with Crippen LogP contribution in [0.3, 0.4) is 0 Å². The molecule has 0 N–H and O–H groups in total.